The van der Waals surface area contributed by atoms with Gasteiger partial charge < -0.3 is 15.4 Å². The van der Waals surface area contributed by atoms with Crippen molar-refractivity contribution in [2.45, 2.75) is 38.8 Å². The molecule has 1 unspecified atom stereocenters. The number of nitrogens with one attached hydrogen (secondary N) is 2. The van der Waals surface area contributed by atoms with Crippen molar-refractivity contribution >= 4 is 5.96 Å². The van der Waals surface area contributed by atoms with Crippen LogP contribution >= 0.6 is 0 Å². The van der Waals surface area contributed by atoms with Crippen LogP contribution in [-0.4, -0.2) is 41.5 Å². The van der Waals surface area contributed by atoms with Gasteiger partial charge in [0.1, 0.15) is 0 Å². The van der Waals surface area contributed by atoms with Crippen molar-refractivity contribution in [3.8, 4) is 5.69 Å². The van der Waals surface area contributed by atoms with Crippen molar-refractivity contribution in [1.29, 1.82) is 0 Å². The topological polar surface area (TPSA) is 63.5 Å². The van der Waals surface area contributed by atoms with Gasteiger partial charge in [0.2, 0.25) is 0 Å². The second-order valence-corrected chi connectivity index (χ2v) is 6.13. The fraction of sp³-hybridized carbons (Fsp3) is 0.474. The Kier molecular flexibility index (Phi) is 6.45. The molecule has 6 heteroatoms. The van der Waals surface area contributed by atoms with E-state index >= 15 is 0 Å². The van der Waals surface area contributed by atoms with Gasteiger partial charge in [-0.25, -0.2) is 9.67 Å². The number of para-hydroxylation sites is 1. The van der Waals surface area contributed by atoms with E-state index in [0.717, 1.165) is 43.5 Å². The predicted octanol–water partition coefficient (Wildman–Crippen LogP) is 2.50. The molecule has 0 bridgehead atoms. The van der Waals surface area contributed by atoms with Crippen molar-refractivity contribution in [3.05, 3.63) is 48.3 Å². The van der Waals surface area contributed by atoms with Crippen molar-refractivity contribution in [2.24, 2.45) is 4.99 Å². The number of aromatic nitrogens is 2. The number of guanidine groups is 1. The maximum absolute atomic E-state index is 5.66. The van der Waals surface area contributed by atoms with Crippen LogP contribution in [0, 0.1) is 0 Å². The Bertz CT molecular complexity index is 661. The van der Waals surface area contributed by atoms with Gasteiger partial charge in [-0.3, -0.25) is 0 Å². The van der Waals surface area contributed by atoms with E-state index in [1.807, 2.05) is 47.3 Å². The summed E-state index contributed by atoms with van der Waals surface area (Å²) in [6, 6.07) is 12.1. The maximum atomic E-state index is 5.66. The maximum Gasteiger partial charge on any atom is 0.191 e. The molecule has 0 saturated carbocycles. The molecule has 0 amide bonds. The van der Waals surface area contributed by atoms with Crippen LogP contribution in [0.2, 0.25) is 0 Å². The summed E-state index contributed by atoms with van der Waals surface area (Å²) in [6.07, 6.45) is 5.75. The fourth-order valence-corrected chi connectivity index (χ4v) is 2.90. The second kappa shape index (κ2) is 9.22. The van der Waals surface area contributed by atoms with Gasteiger partial charge in [-0.2, -0.15) is 5.10 Å². The lowest BCUT2D eigenvalue weighted by atomic mass is 10.2. The van der Waals surface area contributed by atoms with E-state index in [1.54, 1.807) is 0 Å². The Balaban J connectivity index is 1.53. The highest BCUT2D eigenvalue weighted by Gasteiger charge is 2.14. The number of benzene rings is 1. The molecule has 134 valence electrons. The third kappa shape index (κ3) is 5.32. The van der Waals surface area contributed by atoms with E-state index in [1.165, 1.54) is 12.8 Å². The predicted molar refractivity (Wildman–Crippen MR) is 100.0 cm³/mol. The van der Waals surface area contributed by atoms with Crippen molar-refractivity contribution in [2.75, 3.05) is 19.7 Å². The van der Waals surface area contributed by atoms with Crippen LogP contribution in [-0.2, 0) is 11.3 Å². The SMILES string of the molecule is CCNC(=NCc1ccn(-c2ccccc2)n1)NCCC1CCCO1. The normalized spacial score (nSPS) is 17.6. The molecule has 0 aliphatic carbocycles. The molecule has 1 saturated heterocycles. The number of aliphatic imine (C=N–C) groups is 1. The Morgan fingerprint density at radius 3 is 2.92 bits per heavy atom. The van der Waals surface area contributed by atoms with Gasteiger partial charge >= 0.3 is 0 Å². The minimum Gasteiger partial charge on any atom is -0.378 e. The minimum atomic E-state index is 0.400. The van der Waals surface area contributed by atoms with Gasteiger partial charge in [-0.15, -0.1) is 0 Å². The van der Waals surface area contributed by atoms with Crippen molar-refractivity contribution in [1.82, 2.24) is 20.4 Å². The van der Waals surface area contributed by atoms with Gasteiger partial charge in [0.05, 0.1) is 24.0 Å². The Morgan fingerprint density at radius 2 is 2.16 bits per heavy atom. The third-order valence-corrected chi connectivity index (χ3v) is 4.19. The molecule has 0 spiro atoms. The van der Waals surface area contributed by atoms with Crippen LogP contribution in [0.3, 0.4) is 0 Å². The molecule has 1 aromatic heterocycles. The van der Waals surface area contributed by atoms with Crippen molar-refractivity contribution in [3.63, 3.8) is 0 Å². The molecule has 3 rings (SSSR count). The molecule has 1 aliphatic heterocycles. The van der Waals surface area contributed by atoms with Crippen LogP contribution in [0.1, 0.15) is 31.9 Å². The monoisotopic (exact) mass is 341 g/mol. The Labute approximate surface area is 149 Å². The molecule has 1 aliphatic rings. The Hall–Kier alpha value is -2.34. The Morgan fingerprint density at radius 1 is 1.28 bits per heavy atom. The molecule has 2 aromatic rings. The molecule has 6 nitrogen and oxygen atoms in total. The molecule has 0 radical (unpaired) electrons. The summed E-state index contributed by atoms with van der Waals surface area (Å²) < 4.78 is 7.53. The lowest BCUT2D eigenvalue weighted by Crippen LogP contribution is -2.38. The van der Waals surface area contributed by atoms with E-state index in [2.05, 4.69) is 27.6 Å². The molecule has 2 heterocycles. The number of rotatable bonds is 7. The van der Waals surface area contributed by atoms with Crippen LogP contribution in [0.5, 0.6) is 0 Å². The zero-order chi connectivity index (χ0) is 17.3. The van der Waals surface area contributed by atoms with E-state index in [4.69, 9.17) is 4.74 Å². The summed E-state index contributed by atoms with van der Waals surface area (Å²) in [5, 5.41) is 11.3. The summed E-state index contributed by atoms with van der Waals surface area (Å²) in [5.41, 5.74) is 2.00. The van der Waals surface area contributed by atoms with Gasteiger partial charge in [-0.05, 0) is 44.4 Å². The lowest BCUT2D eigenvalue weighted by Gasteiger charge is -2.13. The zero-order valence-corrected chi connectivity index (χ0v) is 14.8. The molecule has 1 fully saturated rings. The first-order valence-corrected chi connectivity index (χ1v) is 9.09. The molecule has 2 N–H and O–H groups in total. The number of nitrogens with zero attached hydrogens (tertiary/aromatic N) is 3. The molecular weight excluding hydrogens is 314 g/mol. The van der Waals surface area contributed by atoms with E-state index in [9.17, 15) is 0 Å². The van der Waals surface area contributed by atoms with Gasteiger partial charge in [-0.1, -0.05) is 18.2 Å². The van der Waals surface area contributed by atoms with Gasteiger partial charge in [0.15, 0.2) is 5.96 Å². The number of ether oxygens (including phenoxy) is 1. The van der Waals surface area contributed by atoms with Crippen LogP contribution in [0.25, 0.3) is 5.69 Å². The average molecular weight is 341 g/mol. The highest BCUT2D eigenvalue weighted by Crippen LogP contribution is 2.14. The summed E-state index contributed by atoms with van der Waals surface area (Å²) in [4.78, 5) is 4.63. The van der Waals surface area contributed by atoms with E-state index < -0.39 is 0 Å². The van der Waals surface area contributed by atoms with Crippen molar-refractivity contribution < 1.29 is 4.74 Å². The first kappa shape index (κ1) is 17.5. The highest BCUT2D eigenvalue weighted by molar-refractivity contribution is 5.79. The third-order valence-electron chi connectivity index (χ3n) is 4.19. The second-order valence-electron chi connectivity index (χ2n) is 6.13. The van der Waals surface area contributed by atoms with Crippen LogP contribution < -0.4 is 10.6 Å². The quantitative estimate of drug-likeness (QED) is 0.600. The largest absolute Gasteiger partial charge is 0.378 e. The van der Waals surface area contributed by atoms with Gasteiger partial charge in [0.25, 0.3) is 0 Å². The molecule has 25 heavy (non-hydrogen) atoms. The van der Waals surface area contributed by atoms with Crippen LogP contribution in [0.4, 0.5) is 0 Å². The summed E-state index contributed by atoms with van der Waals surface area (Å²) >= 11 is 0. The van der Waals surface area contributed by atoms with Crippen LogP contribution in [0.15, 0.2) is 47.6 Å². The number of hydrogen-bond acceptors (Lipinski definition) is 3. The summed E-state index contributed by atoms with van der Waals surface area (Å²) in [7, 11) is 0. The zero-order valence-electron chi connectivity index (χ0n) is 14.8. The average Bonchev–Trinajstić information content (AvgIpc) is 3.32. The number of hydrogen-bond donors (Lipinski definition) is 2. The molecule has 1 atom stereocenters. The lowest BCUT2D eigenvalue weighted by molar-refractivity contribution is 0.105. The van der Waals surface area contributed by atoms with E-state index in [-0.39, 0.29) is 0 Å². The highest BCUT2D eigenvalue weighted by atomic mass is 16.5. The smallest absolute Gasteiger partial charge is 0.191 e. The summed E-state index contributed by atoms with van der Waals surface area (Å²) in [6.45, 7) is 5.23. The first-order chi connectivity index (χ1) is 12.3. The van der Waals surface area contributed by atoms with E-state index in [0.29, 0.717) is 12.6 Å². The van der Waals surface area contributed by atoms with Gasteiger partial charge in [0, 0.05) is 25.9 Å². The standard InChI is InChI=1S/C19H27N5O/c1-2-20-19(21-12-10-18-9-6-14-25-18)22-15-16-11-13-24(23-16)17-7-4-3-5-8-17/h3-5,7-8,11,13,18H,2,6,9-10,12,14-15H2,1H3,(H2,20,21,22). The fourth-order valence-electron chi connectivity index (χ4n) is 2.90. The first-order valence-electron chi connectivity index (χ1n) is 9.09. The molecular formula is C19H27N5O. The molecule has 1 aromatic carbocycles. The summed E-state index contributed by atoms with van der Waals surface area (Å²) in [5.74, 6) is 0.828. The minimum absolute atomic E-state index is 0.400.